The van der Waals surface area contributed by atoms with Crippen LogP contribution in [0.5, 0.6) is 0 Å². The molecule has 1 nitrogen and oxygen atoms in total. The Morgan fingerprint density at radius 1 is 1.00 bits per heavy atom. The zero-order chi connectivity index (χ0) is 12.1. The van der Waals surface area contributed by atoms with Crippen molar-refractivity contribution in [2.45, 2.75) is 66.3 Å². The first kappa shape index (κ1) is 14.0. The van der Waals surface area contributed by atoms with Crippen LogP contribution in [-0.4, -0.2) is 12.6 Å². The van der Waals surface area contributed by atoms with Crippen LogP contribution in [0, 0.1) is 23.7 Å². The van der Waals surface area contributed by atoms with Crippen molar-refractivity contribution in [1.82, 2.24) is 5.32 Å². The van der Waals surface area contributed by atoms with E-state index in [1.165, 1.54) is 32.2 Å². The fourth-order valence-corrected chi connectivity index (χ4v) is 2.89. The molecule has 1 heteroatoms. The third-order valence-electron chi connectivity index (χ3n) is 4.33. The van der Waals surface area contributed by atoms with Gasteiger partial charge < -0.3 is 5.32 Å². The van der Waals surface area contributed by atoms with Crippen molar-refractivity contribution in [3.05, 3.63) is 0 Å². The van der Waals surface area contributed by atoms with Crippen LogP contribution in [0.4, 0.5) is 0 Å². The van der Waals surface area contributed by atoms with Gasteiger partial charge in [0, 0.05) is 6.04 Å². The summed E-state index contributed by atoms with van der Waals surface area (Å²) in [6.45, 7) is 13.0. The first-order valence-electron chi connectivity index (χ1n) is 7.24. The molecule has 1 N–H and O–H groups in total. The van der Waals surface area contributed by atoms with Crippen LogP contribution in [0.25, 0.3) is 0 Å². The van der Waals surface area contributed by atoms with Crippen molar-refractivity contribution in [3.8, 4) is 0 Å². The molecule has 1 fully saturated rings. The van der Waals surface area contributed by atoms with Gasteiger partial charge in [-0.3, -0.25) is 0 Å². The van der Waals surface area contributed by atoms with Crippen molar-refractivity contribution in [1.29, 1.82) is 0 Å². The Morgan fingerprint density at radius 3 is 1.94 bits per heavy atom. The van der Waals surface area contributed by atoms with Gasteiger partial charge in [-0.05, 0) is 43.6 Å². The third-order valence-corrected chi connectivity index (χ3v) is 4.33. The van der Waals surface area contributed by atoms with Gasteiger partial charge in [0.25, 0.3) is 0 Å². The molecular weight excluding hydrogens is 194 g/mol. The predicted octanol–water partition coefficient (Wildman–Crippen LogP) is 4.08. The Bertz CT molecular complexity index is 174. The average molecular weight is 225 g/mol. The molecule has 0 radical (unpaired) electrons. The Morgan fingerprint density at radius 2 is 1.56 bits per heavy atom. The minimum Gasteiger partial charge on any atom is -0.314 e. The van der Waals surface area contributed by atoms with Gasteiger partial charge in [0.1, 0.15) is 0 Å². The van der Waals surface area contributed by atoms with Gasteiger partial charge in [-0.1, -0.05) is 47.0 Å². The monoisotopic (exact) mass is 225 g/mol. The molecule has 1 aliphatic carbocycles. The van der Waals surface area contributed by atoms with Crippen LogP contribution in [0.15, 0.2) is 0 Å². The molecular formula is C15H31N. The highest BCUT2D eigenvalue weighted by Gasteiger charge is 2.21. The molecule has 96 valence electrons. The lowest BCUT2D eigenvalue weighted by atomic mass is 9.80. The van der Waals surface area contributed by atoms with E-state index in [-0.39, 0.29) is 0 Å². The molecule has 0 heterocycles. The van der Waals surface area contributed by atoms with E-state index in [9.17, 15) is 0 Å². The van der Waals surface area contributed by atoms with E-state index in [4.69, 9.17) is 0 Å². The van der Waals surface area contributed by atoms with Gasteiger partial charge in [-0.25, -0.2) is 0 Å². The minimum absolute atomic E-state index is 0.713. The topological polar surface area (TPSA) is 12.0 Å². The second-order valence-electron chi connectivity index (χ2n) is 6.49. The van der Waals surface area contributed by atoms with Crippen molar-refractivity contribution < 1.29 is 0 Å². The molecule has 0 spiro atoms. The van der Waals surface area contributed by atoms with Crippen LogP contribution in [0.2, 0.25) is 0 Å². The standard InChI is InChI=1S/C15H31N/c1-11(2)15(12(3)4)10-16-13(5)9-14-7-6-8-14/h11-16H,6-10H2,1-5H3. The van der Waals surface area contributed by atoms with Crippen LogP contribution in [-0.2, 0) is 0 Å². The van der Waals surface area contributed by atoms with E-state index in [1.54, 1.807) is 0 Å². The summed E-state index contributed by atoms with van der Waals surface area (Å²) in [6, 6.07) is 0.713. The number of hydrogen-bond donors (Lipinski definition) is 1. The average Bonchev–Trinajstić information content (AvgIpc) is 2.10. The van der Waals surface area contributed by atoms with Crippen molar-refractivity contribution in [2.24, 2.45) is 23.7 Å². The van der Waals surface area contributed by atoms with E-state index in [2.05, 4.69) is 39.9 Å². The van der Waals surface area contributed by atoms with E-state index in [0.29, 0.717) is 6.04 Å². The normalized spacial score (nSPS) is 19.5. The Labute approximate surface area is 102 Å². The van der Waals surface area contributed by atoms with Gasteiger partial charge in [0.05, 0.1) is 0 Å². The minimum atomic E-state index is 0.713. The van der Waals surface area contributed by atoms with Crippen LogP contribution < -0.4 is 5.32 Å². The Hall–Kier alpha value is -0.0400. The Kier molecular flexibility index (Phi) is 5.82. The zero-order valence-corrected chi connectivity index (χ0v) is 11.9. The highest BCUT2D eigenvalue weighted by molar-refractivity contribution is 4.77. The molecule has 0 aliphatic heterocycles. The molecule has 1 saturated carbocycles. The summed E-state index contributed by atoms with van der Waals surface area (Å²) in [5, 5.41) is 3.74. The molecule has 0 bridgehead atoms. The third kappa shape index (κ3) is 4.45. The van der Waals surface area contributed by atoms with E-state index >= 15 is 0 Å². The molecule has 0 amide bonds. The molecule has 1 aliphatic rings. The fraction of sp³-hybridized carbons (Fsp3) is 1.00. The van der Waals surface area contributed by atoms with Crippen molar-refractivity contribution in [2.75, 3.05) is 6.54 Å². The second-order valence-corrected chi connectivity index (χ2v) is 6.49. The Balaban J connectivity index is 2.19. The summed E-state index contributed by atoms with van der Waals surface area (Å²) in [4.78, 5) is 0. The second kappa shape index (κ2) is 6.64. The quantitative estimate of drug-likeness (QED) is 0.688. The SMILES string of the molecule is CC(CC1CCC1)NCC(C(C)C)C(C)C. The lowest BCUT2D eigenvalue weighted by Gasteiger charge is -2.31. The summed E-state index contributed by atoms with van der Waals surface area (Å²) >= 11 is 0. The van der Waals surface area contributed by atoms with E-state index < -0.39 is 0 Å². The molecule has 0 saturated heterocycles. The smallest absolute Gasteiger partial charge is 0.00414 e. The maximum absolute atomic E-state index is 3.74. The summed E-state index contributed by atoms with van der Waals surface area (Å²) in [5.74, 6) is 3.44. The number of hydrogen-bond acceptors (Lipinski definition) is 1. The molecule has 0 aromatic carbocycles. The number of nitrogens with one attached hydrogen (secondary N) is 1. The van der Waals surface area contributed by atoms with Gasteiger partial charge in [-0.15, -0.1) is 0 Å². The fourth-order valence-electron chi connectivity index (χ4n) is 2.89. The number of rotatable bonds is 7. The van der Waals surface area contributed by atoms with Gasteiger partial charge in [-0.2, -0.15) is 0 Å². The summed E-state index contributed by atoms with van der Waals surface area (Å²) in [7, 11) is 0. The van der Waals surface area contributed by atoms with Crippen molar-refractivity contribution >= 4 is 0 Å². The highest BCUT2D eigenvalue weighted by atomic mass is 14.9. The lowest BCUT2D eigenvalue weighted by Crippen LogP contribution is -2.37. The summed E-state index contributed by atoms with van der Waals surface area (Å²) in [6.07, 6.45) is 5.81. The van der Waals surface area contributed by atoms with Crippen LogP contribution in [0.1, 0.15) is 60.3 Å². The van der Waals surface area contributed by atoms with Crippen LogP contribution >= 0.6 is 0 Å². The first-order valence-corrected chi connectivity index (χ1v) is 7.24. The lowest BCUT2D eigenvalue weighted by molar-refractivity contribution is 0.235. The molecule has 0 aromatic heterocycles. The molecule has 0 aromatic rings. The van der Waals surface area contributed by atoms with Crippen molar-refractivity contribution in [3.63, 3.8) is 0 Å². The summed E-state index contributed by atoms with van der Waals surface area (Å²) < 4.78 is 0. The van der Waals surface area contributed by atoms with Gasteiger partial charge in [0.15, 0.2) is 0 Å². The highest BCUT2D eigenvalue weighted by Crippen LogP contribution is 2.30. The molecule has 1 rings (SSSR count). The zero-order valence-electron chi connectivity index (χ0n) is 11.9. The first-order chi connectivity index (χ1) is 7.50. The van der Waals surface area contributed by atoms with E-state index in [0.717, 1.165) is 23.7 Å². The molecule has 1 atom stereocenters. The van der Waals surface area contributed by atoms with Gasteiger partial charge >= 0.3 is 0 Å². The molecule has 1 unspecified atom stereocenters. The van der Waals surface area contributed by atoms with E-state index in [1.807, 2.05) is 0 Å². The summed E-state index contributed by atoms with van der Waals surface area (Å²) in [5.41, 5.74) is 0. The van der Waals surface area contributed by atoms with Gasteiger partial charge in [0.2, 0.25) is 0 Å². The maximum atomic E-state index is 3.74. The maximum Gasteiger partial charge on any atom is 0.00414 e. The molecule has 16 heavy (non-hydrogen) atoms. The predicted molar refractivity (Wildman–Crippen MR) is 72.6 cm³/mol. The van der Waals surface area contributed by atoms with Crippen LogP contribution in [0.3, 0.4) is 0 Å². The largest absolute Gasteiger partial charge is 0.314 e.